The van der Waals surface area contributed by atoms with Crippen LogP contribution in [0.1, 0.15) is 73.6 Å². The van der Waals surface area contributed by atoms with Gasteiger partial charge in [-0.05, 0) is 115 Å². The van der Waals surface area contributed by atoms with E-state index < -0.39 is 0 Å². The molecule has 2 fully saturated rings. The fourth-order valence-electron chi connectivity index (χ4n) is 10.0. The van der Waals surface area contributed by atoms with Crippen molar-refractivity contribution in [3.05, 3.63) is 144 Å². The molecule has 0 aliphatic heterocycles. The van der Waals surface area contributed by atoms with E-state index in [1.54, 1.807) is 22.3 Å². The molecule has 6 aromatic carbocycles. The number of hydrogen-bond acceptors (Lipinski definition) is 0. The van der Waals surface area contributed by atoms with Gasteiger partial charge in [-0.25, -0.2) is 0 Å². The first-order valence-corrected chi connectivity index (χ1v) is 16.8. The minimum atomic E-state index is 0.151. The largest absolute Gasteiger partial charge is 0.0622 e. The molecular formula is C44H36. The van der Waals surface area contributed by atoms with Gasteiger partial charge in [-0.2, -0.15) is 0 Å². The summed E-state index contributed by atoms with van der Waals surface area (Å²) in [6.07, 6.45) is 10.3. The van der Waals surface area contributed by atoms with Crippen molar-refractivity contribution in [3.8, 4) is 44.5 Å². The standard InChI is InChI=1S/C44H36/c1-3-11-29(12-4-1)31-15-17-35-39(27-31)43(23-7-8-24-43)37-21-19-34-33(41(35)37)20-22-38-42(34)36-18-16-32(30-13-5-2-6-14-30)28-40(36)44(38)25-9-10-26-44/h1-6,11-22,27-28H,7-10,23-26H2. The fraction of sp³-hybridized carbons (Fsp3) is 0.227. The van der Waals surface area contributed by atoms with E-state index >= 15 is 0 Å². The van der Waals surface area contributed by atoms with E-state index in [0.29, 0.717) is 0 Å². The topological polar surface area (TPSA) is 0 Å². The second kappa shape index (κ2) is 9.05. The monoisotopic (exact) mass is 564 g/mol. The molecule has 4 aliphatic rings. The van der Waals surface area contributed by atoms with Gasteiger partial charge in [0.1, 0.15) is 0 Å². The first-order valence-electron chi connectivity index (χ1n) is 16.8. The molecule has 2 spiro atoms. The van der Waals surface area contributed by atoms with Crippen LogP contribution in [-0.4, -0.2) is 0 Å². The lowest BCUT2D eigenvalue weighted by atomic mass is 9.75. The van der Waals surface area contributed by atoms with Crippen molar-refractivity contribution in [2.75, 3.05) is 0 Å². The van der Waals surface area contributed by atoms with Crippen LogP contribution >= 0.6 is 0 Å². The van der Waals surface area contributed by atoms with Gasteiger partial charge in [-0.1, -0.05) is 135 Å². The molecule has 0 atom stereocenters. The summed E-state index contributed by atoms with van der Waals surface area (Å²) in [7, 11) is 0. The van der Waals surface area contributed by atoms with Gasteiger partial charge in [0, 0.05) is 10.8 Å². The van der Waals surface area contributed by atoms with Crippen molar-refractivity contribution in [3.63, 3.8) is 0 Å². The number of fused-ring (bicyclic) bond motifs is 13. The minimum absolute atomic E-state index is 0.151. The van der Waals surface area contributed by atoms with E-state index in [1.807, 2.05) is 0 Å². The second-order valence-electron chi connectivity index (χ2n) is 13.9. The Morgan fingerprint density at radius 3 is 1.16 bits per heavy atom. The Morgan fingerprint density at radius 1 is 0.341 bits per heavy atom. The number of hydrogen-bond donors (Lipinski definition) is 0. The predicted octanol–water partition coefficient (Wildman–Crippen LogP) is 11.9. The highest BCUT2D eigenvalue weighted by Gasteiger charge is 2.48. The smallest absolute Gasteiger partial charge is 0.0215 e. The van der Waals surface area contributed by atoms with Gasteiger partial charge in [0.2, 0.25) is 0 Å². The zero-order valence-corrected chi connectivity index (χ0v) is 25.2. The summed E-state index contributed by atoms with van der Waals surface area (Å²) in [6.45, 7) is 0. The quantitative estimate of drug-likeness (QED) is 0.196. The summed E-state index contributed by atoms with van der Waals surface area (Å²) in [4.78, 5) is 0. The van der Waals surface area contributed by atoms with Crippen LogP contribution in [-0.2, 0) is 10.8 Å². The maximum Gasteiger partial charge on any atom is 0.0215 e. The van der Waals surface area contributed by atoms with Crippen molar-refractivity contribution in [2.45, 2.75) is 62.2 Å². The molecule has 0 aromatic heterocycles. The first-order chi connectivity index (χ1) is 21.8. The SMILES string of the molecule is c1ccc(-c2ccc3c(c2)C2(CCCC2)c2ccc4c5c(ccc4c2-3)C2(CCCC2)c2cc(-c3ccccc3)ccc2-5)cc1. The predicted molar refractivity (Wildman–Crippen MR) is 184 cm³/mol. The molecule has 4 aliphatic carbocycles. The average Bonchev–Trinajstić information content (AvgIpc) is 3.89. The zero-order valence-electron chi connectivity index (χ0n) is 25.2. The Hall–Kier alpha value is -4.42. The van der Waals surface area contributed by atoms with Crippen molar-refractivity contribution in [1.29, 1.82) is 0 Å². The summed E-state index contributed by atoms with van der Waals surface area (Å²) >= 11 is 0. The number of rotatable bonds is 2. The Labute approximate surface area is 260 Å². The molecule has 0 nitrogen and oxygen atoms in total. The molecule has 6 aromatic rings. The summed E-state index contributed by atoms with van der Waals surface area (Å²) in [6, 6.07) is 46.7. The highest BCUT2D eigenvalue weighted by atomic mass is 14.5. The van der Waals surface area contributed by atoms with Crippen molar-refractivity contribution in [1.82, 2.24) is 0 Å². The highest BCUT2D eigenvalue weighted by Crippen LogP contribution is 2.62. The second-order valence-corrected chi connectivity index (χ2v) is 13.9. The van der Waals surface area contributed by atoms with Crippen LogP contribution in [0.15, 0.2) is 121 Å². The zero-order chi connectivity index (χ0) is 28.9. The van der Waals surface area contributed by atoms with Gasteiger partial charge in [0.05, 0.1) is 0 Å². The molecule has 0 heteroatoms. The molecule has 10 rings (SSSR count). The summed E-state index contributed by atoms with van der Waals surface area (Å²) in [5.41, 5.74) is 17.9. The molecule has 212 valence electrons. The molecule has 0 unspecified atom stereocenters. The van der Waals surface area contributed by atoms with E-state index in [9.17, 15) is 0 Å². The van der Waals surface area contributed by atoms with Gasteiger partial charge in [-0.3, -0.25) is 0 Å². The highest BCUT2D eigenvalue weighted by molar-refractivity contribution is 6.11. The molecular weight excluding hydrogens is 528 g/mol. The Kier molecular flexibility index (Phi) is 5.14. The number of benzene rings is 6. The summed E-state index contributed by atoms with van der Waals surface area (Å²) < 4.78 is 0. The molecule has 0 bridgehead atoms. The summed E-state index contributed by atoms with van der Waals surface area (Å²) in [5.74, 6) is 0. The Balaban J connectivity index is 1.22. The lowest BCUT2D eigenvalue weighted by Crippen LogP contribution is -2.20. The van der Waals surface area contributed by atoms with E-state index in [0.717, 1.165) is 0 Å². The lowest BCUT2D eigenvalue weighted by molar-refractivity contribution is 0.549. The van der Waals surface area contributed by atoms with E-state index in [2.05, 4.69) is 121 Å². The minimum Gasteiger partial charge on any atom is -0.0622 e. The van der Waals surface area contributed by atoms with Crippen LogP contribution in [0.4, 0.5) is 0 Å². The van der Waals surface area contributed by atoms with Crippen molar-refractivity contribution < 1.29 is 0 Å². The van der Waals surface area contributed by atoms with Crippen LogP contribution in [0, 0.1) is 0 Å². The van der Waals surface area contributed by atoms with Gasteiger partial charge in [0.15, 0.2) is 0 Å². The van der Waals surface area contributed by atoms with E-state index in [-0.39, 0.29) is 10.8 Å². The molecule has 2 saturated carbocycles. The fourth-order valence-corrected chi connectivity index (χ4v) is 10.0. The Morgan fingerprint density at radius 2 is 0.750 bits per heavy atom. The third kappa shape index (κ3) is 3.19. The van der Waals surface area contributed by atoms with E-state index in [4.69, 9.17) is 0 Å². The van der Waals surface area contributed by atoms with E-state index in [1.165, 1.54) is 107 Å². The molecule has 0 N–H and O–H groups in total. The normalized spacial score (nSPS) is 18.1. The van der Waals surface area contributed by atoms with Gasteiger partial charge < -0.3 is 0 Å². The Bertz CT molecular complexity index is 1950. The molecule has 44 heavy (non-hydrogen) atoms. The van der Waals surface area contributed by atoms with Gasteiger partial charge in [-0.15, -0.1) is 0 Å². The third-order valence-corrected chi connectivity index (χ3v) is 12.0. The first kappa shape index (κ1) is 25.0. The van der Waals surface area contributed by atoms with Crippen LogP contribution in [0.25, 0.3) is 55.3 Å². The maximum absolute atomic E-state index is 2.54. The van der Waals surface area contributed by atoms with Crippen LogP contribution in [0.2, 0.25) is 0 Å². The average molecular weight is 565 g/mol. The van der Waals surface area contributed by atoms with Crippen molar-refractivity contribution in [2.24, 2.45) is 0 Å². The third-order valence-electron chi connectivity index (χ3n) is 12.0. The van der Waals surface area contributed by atoms with Crippen LogP contribution in [0.3, 0.4) is 0 Å². The van der Waals surface area contributed by atoms with Gasteiger partial charge >= 0.3 is 0 Å². The van der Waals surface area contributed by atoms with Crippen LogP contribution in [0.5, 0.6) is 0 Å². The lowest BCUT2D eigenvalue weighted by Gasteiger charge is -2.28. The molecule has 0 amide bonds. The molecule has 0 heterocycles. The van der Waals surface area contributed by atoms with Crippen LogP contribution < -0.4 is 0 Å². The van der Waals surface area contributed by atoms with Crippen molar-refractivity contribution >= 4 is 10.8 Å². The molecule has 0 saturated heterocycles. The van der Waals surface area contributed by atoms with Gasteiger partial charge in [0.25, 0.3) is 0 Å². The maximum atomic E-state index is 2.54. The summed E-state index contributed by atoms with van der Waals surface area (Å²) in [5, 5.41) is 2.90. The molecule has 0 radical (unpaired) electrons.